The van der Waals surface area contributed by atoms with Gasteiger partial charge in [-0.2, -0.15) is 26.3 Å². The van der Waals surface area contributed by atoms with Crippen molar-refractivity contribution in [3.8, 4) is 17.2 Å². The quantitative estimate of drug-likeness (QED) is 0.00968. The highest BCUT2D eigenvalue weighted by Gasteiger charge is 2.41. The number of methoxy groups -OCH3 is 1. The van der Waals surface area contributed by atoms with Gasteiger partial charge in [-0.25, -0.2) is 75.0 Å². The zero-order valence-corrected chi connectivity index (χ0v) is 92.2. The number of rotatable bonds is 41. The predicted octanol–water partition coefficient (Wildman–Crippen LogP) is 20.3. The highest BCUT2D eigenvalue weighted by molar-refractivity contribution is 7.92. The first-order valence-electron chi connectivity index (χ1n) is 49.1. The summed E-state index contributed by atoms with van der Waals surface area (Å²) in [6.07, 6.45) is -2.05. The maximum atomic E-state index is 13.3. The van der Waals surface area contributed by atoms with E-state index in [9.17, 15) is 120 Å². The van der Waals surface area contributed by atoms with E-state index in [-0.39, 0.29) is 120 Å². The predicted molar refractivity (Wildman–Crippen MR) is 557 cm³/mol. The van der Waals surface area contributed by atoms with Crippen molar-refractivity contribution in [2.24, 2.45) is 11.8 Å². The molecule has 2 heterocycles. The molecule has 149 heavy (non-hydrogen) atoms. The Morgan fingerprint density at radius 3 is 1.07 bits per heavy atom. The number of ether oxygens (including phenoxy) is 4. The Labute approximate surface area is 870 Å². The lowest BCUT2D eigenvalue weighted by atomic mass is 9.71. The third-order valence-electron chi connectivity index (χ3n) is 23.9. The van der Waals surface area contributed by atoms with Crippen molar-refractivity contribution >= 4 is 126 Å². The molecule has 0 radical (unpaired) electrons. The molecule has 2 aliphatic heterocycles. The van der Waals surface area contributed by atoms with E-state index in [1.165, 1.54) is 43.0 Å². The highest BCUT2D eigenvalue weighted by Crippen LogP contribution is 2.43. The number of halogens is 10. The number of alkyl halides is 9. The van der Waals surface area contributed by atoms with Crippen LogP contribution >= 0.6 is 0 Å². The van der Waals surface area contributed by atoms with E-state index in [0.29, 0.717) is 102 Å². The summed E-state index contributed by atoms with van der Waals surface area (Å²) in [7, 11) is -15.9. The molecule has 0 aromatic heterocycles. The molecule has 0 bridgehead atoms. The van der Waals surface area contributed by atoms with Gasteiger partial charge in [-0.1, -0.05) is 38.8 Å². The fraction of sp³-hybridized carbons (Fsp3) is 0.578. The average molecular weight is 2210 g/mol. The van der Waals surface area contributed by atoms with Crippen LogP contribution in [0, 0.1) is 17.7 Å². The summed E-state index contributed by atoms with van der Waals surface area (Å²) >= 11 is 0. The first-order valence-corrected chi connectivity index (χ1v) is 56.5. The third kappa shape index (κ3) is 43.6. The second kappa shape index (κ2) is 56.0. The van der Waals surface area contributed by atoms with Crippen molar-refractivity contribution in [2.45, 2.75) is 327 Å². The minimum atomic E-state index is -5.05. The summed E-state index contributed by atoms with van der Waals surface area (Å²) in [5.41, 5.74) is 1.61. The van der Waals surface area contributed by atoms with Gasteiger partial charge in [0.15, 0.2) is 11.6 Å². The zero-order chi connectivity index (χ0) is 113. The monoisotopic (exact) mass is 2210 g/mol. The average Bonchev–Trinajstić information content (AvgIpc) is 1.61. The Morgan fingerprint density at radius 1 is 0.389 bits per heavy atom. The molecule has 2 fully saturated rings. The number of fused-ring (bicyclic) bond motifs is 1. The molecule has 6 aromatic carbocycles. The van der Waals surface area contributed by atoms with Gasteiger partial charge in [-0.3, -0.25) is 33.6 Å². The second-order valence-corrected chi connectivity index (χ2v) is 54.0. The van der Waals surface area contributed by atoms with Crippen LogP contribution in [0.3, 0.4) is 0 Å². The van der Waals surface area contributed by atoms with E-state index in [1.807, 2.05) is 36.4 Å². The first kappa shape index (κ1) is 129. The van der Waals surface area contributed by atoms with Gasteiger partial charge in [0.2, 0.25) is 79.7 Å². The molecule has 5 atom stereocenters. The molecule has 7 amide bonds. The fourth-order valence-electron chi connectivity index (χ4n) is 14.5. The van der Waals surface area contributed by atoms with Crippen LogP contribution in [0.2, 0.25) is 0 Å². The smallest absolute Gasteiger partial charge is 0.496 e. The normalized spacial score (nSPS) is 17.0. The van der Waals surface area contributed by atoms with Crippen LogP contribution in [-0.4, -0.2) is 172 Å². The van der Waals surface area contributed by atoms with Crippen LogP contribution in [0.25, 0.3) is 0 Å². The number of imide groups is 1. The third-order valence-corrected chi connectivity index (χ3v) is 34.9. The maximum Gasteiger partial charge on any atom is 0.573 e. The topological polar surface area (TPSA) is 451 Å². The van der Waals surface area contributed by atoms with Crippen LogP contribution in [0.5, 0.6) is 17.2 Å². The number of nitrogens with zero attached hydrogens (tertiary/aromatic N) is 1. The lowest BCUT2D eigenvalue weighted by Gasteiger charge is -2.34. The summed E-state index contributed by atoms with van der Waals surface area (Å²) in [6.45, 7) is 34.2. The molecule has 836 valence electrons. The van der Waals surface area contributed by atoms with Crippen LogP contribution in [0.4, 0.5) is 78.0 Å². The molecule has 0 spiro atoms. The molecule has 47 heteroatoms. The van der Waals surface area contributed by atoms with Crippen molar-refractivity contribution in [2.75, 3.05) is 71.3 Å². The number of hydrogen-bond donors (Lipinski definition) is 10. The van der Waals surface area contributed by atoms with Gasteiger partial charge in [0.05, 0.1) is 71.0 Å². The Balaban J connectivity index is 0.000000329. The molecule has 1 saturated carbocycles. The van der Waals surface area contributed by atoms with E-state index in [1.54, 1.807) is 104 Å². The number of unbranched alkanes of at least 4 members (excludes halogenated alkanes) is 5. The number of hydrogen-bond acceptors (Lipinski definition) is 21. The van der Waals surface area contributed by atoms with Crippen molar-refractivity contribution < 1.29 is 139 Å². The Bertz CT molecular complexity index is 6030. The van der Waals surface area contributed by atoms with Crippen LogP contribution in [-0.2, 0) is 91.2 Å². The van der Waals surface area contributed by atoms with E-state index in [2.05, 4.69) is 94.8 Å². The number of benzene rings is 6. The number of carbonyl (C=O) groups excluding carboxylic acids is 7. The van der Waals surface area contributed by atoms with E-state index < -0.39 is 133 Å². The number of nitrogens with one attached hydrogen (secondary N) is 10. The highest BCUT2D eigenvalue weighted by atomic mass is 32.2. The van der Waals surface area contributed by atoms with E-state index in [0.717, 1.165) is 109 Å². The zero-order valence-electron chi connectivity index (χ0n) is 88.1. The van der Waals surface area contributed by atoms with Crippen molar-refractivity contribution in [1.82, 2.24) is 23.6 Å². The SMILES string of the molecule is CC(C)(C)S(=O)(=O)NCCCCC(=O)Nc1ccc(F)c(OC(F)(F)F)c1.CC(C)(C)S(=O)(=O)NCCCCC(=O)Nc1ccc2c(c1)C(=O)N(c1ccc(C(F)(F)F)cc1)C2=O.CC1CC(Oc2ccc(NC(=O)CCCCNS(=O)(=O)C(C)(C)C)cc2)CC(C)O1.CC1CCCC(c2ccc(NC(=O)CCCCNS(=O)(=O)C(C)(C)C)cc2)C1C.COc1cc(NC(=O)CCCCNS(=O)(=O)C(C)(C)C)ccc1C(F)(F)F. The van der Waals surface area contributed by atoms with Crippen molar-refractivity contribution in [3.63, 3.8) is 0 Å². The molecule has 5 unspecified atom stereocenters. The minimum Gasteiger partial charge on any atom is -0.496 e. The van der Waals surface area contributed by atoms with Crippen LogP contribution in [0.1, 0.15) is 303 Å². The lowest BCUT2D eigenvalue weighted by molar-refractivity contribution is -0.275. The molecule has 32 nitrogen and oxygen atoms in total. The largest absolute Gasteiger partial charge is 0.573 e. The van der Waals surface area contributed by atoms with Gasteiger partial charge in [-0.15, -0.1) is 13.2 Å². The summed E-state index contributed by atoms with van der Waals surface area (Å²) in [5.74, 6) is -2.52. The number of sulfonamides is 5. The van der Waals surface area contributed by atoms with E-state index >= 15 is 0 Å². The van der Waals surface area contributed by atoms with Crippen molar-refractivity contribution in [1.29, 1.82) is 0 Å². The van der Waals surface area contributed by atoms with Crippen molar-refractivity contribution in [3.05, 3.63) is 161 Å². The molecule has 3 aliphatic rings. The van der Waals surface area contributed by atoms with Gasteiger partial charge in [-0.05, 0) is 315 Å². The second-order valence-electron chi connectivity index (χ2n) is 41.4. The van der Waals surface area contributed by atoms with E-state index in [4.69, 9.17) is 14.2 Å². The van der Waals surface area contributed by atoms with Gasteiger partial charge >= 0.3 is 18.7 Å². The van der Waals surface area contributed by atoms with Gasteiger partial charge < -0.3 is 45.5 Å². The molecule has 1 saturated heterocycles. The standard InChI is InChI=1S/C24H26F3N3O5S.C23H38N2O3S.C22H36N2O5S.C17H25F3N2O4S.C16H22F4N2O4S/c1-23(2,3)36(34,35)28-13-5-4-6-20(31)29-16-9-12-18-19(14-16)22(33)30(21(18)32)17-10-7-15(8-11-17)24(25,26)27;1-17-9-8-10-21(18(17)2)19-12-14-20(15-13-19)25-22(26)11-6-7-16-24-29(27,28)23(3,4)5;1-16-14-20(15-17(2)28-16)29-19-11-9-18(10-12-19)24-21(25)8-6-7-13-23-30(26,27)22(3,4)5;1-16(2,3)27(24,25)21-10-6-5-7-15(23)22-12-8-9-13(17(18,19)20)14(11-12)26-4;1-15(2,3)27(24,25)21-9-5-4-6-14(23)22-11-7-8-12(17)13(10-11)26-16(18,19)20/h7-12,14,28H,4-6,13H2,1-3H3,(H,29,31);12-15,17-18,21,24H,6-11,16H2,1-5H3,(H,25,26);9-12,16-17,20,23H,6-8,13-15H2,1-5H3,(H,24,25);8-9,11,21H,5-7,10H2,1-4H3,(H,22,23);7-8,10,21H,4-6,9H2,1-3H3,(H,22,23). The molecular formula is C102H147F10N11O21S5. The van der Waals surface area contributed by atoms with Crippen LogP contribution in [0.15, 0.2) is 127 Å². The van der Waals surface area contributed by atoms with Gasteiger partial charge in [0, 0.05) is 118 Å². The lowest BCUT2D eigenvalue weighted by Crippen LogP contribution is -2.39. The number of anilines is 6. The summed E-state index contributed by atoms with van der Waals surface area (Å²) < 4.78 is 274. The van der Waals surface area contributed by atoms with Crippen LogP contribution < -0.4 is 69.3 Å². The molecule has 6 aromatic rings. The molecule has 1 aliphatic carbocycles. The maximum absolute atomic E-state index is 13.3. The summed E-state index contributed by atoms with van der Waals surface area (Å²) in [6, 6.07) is 29.2. The van der Waals surface area contributed by atoms with Gasteiger partial charge in [0.1, 0.15) is 17.6 Å². The number of amides is 7. The summed E-state index contributed by atoms with van der Waals surface area (Å²) in [4.78, 5) is 86.6. The summed E-state index contributed by atoms with van der Waals surface area (Å²) in [5, 5.41) is 13.3. The minimum absolute atomic E-state index is 0.00173. The Morgan fingerprint density at radius 2 is 0.718 bits per heavy atom. The Kier molecular flexibility index (Phi) is 48.7. The molecular weight excluding hydrogens is 2070 g/mol. The fourth-order valence-corrected chi connectivity index (χ4v) is 18.8. The number of carbonyl (C=O) groups is 7. The molecule has 9 rings (SSSR count). The van der Waals surface area contributed by atoms with Gasteiger partial charge in [0.25, 0.3) is 11.8 Å². The molecule has 10 N–H and O–H groups in total. The Hall–Kier alpha value is -9.98. The first-order chi connectivity index (χ1) is 68.6.